The van der Waals surface area contributed by atoms with Crippen LogP contribution >= 0.6 is 0 Å². The summed E-state index contributed by atoms with van der Waals surface area (Å²) >= 11 is 0. The molecule has 0 bridgehead atoms. The van der Waals surface area contributed by atoms with Gasteiger partial charge in [-0.15, -0.1) is 0 Å². The predicted molar refractivity (Wildman–Crippen MR) is 165 cm³/mol. The van der Waals surface area contributed by atoms with E-state index in [0.717, 1.165) is 48.8 Å². The summed E-state index contributed by atoms with van der Waals surface area (Å²) in [4.78, 5) is 14.3. The summed E-state index contributed by atoms with van der Waals surface area (Å²) in [6, 6.07) is 2.12. The van der Waals surface area contributed by atoms with Crippen LogP contribution < -0.4 is 10.5 Å². The molecule has 0 saturated carbocycles. The van der Waals surface area contributed by atoms with Crippen LogP contribution in [0.3, 0.4) is 0 Å². The number of fused-ring (bicyclic) bond motifs is 1. The van der Waals surface area contributed by atoms with Crippen LogP contribution in [-0.4, -0.2) is 53.4 Å². The number of likely N-dealkylation sites (tertiary alicyclic amines) is 1. The van der Waals surface area contributed by atoms with Crippen LogP contribution in [0.5, 0.6) is 5.75 Å². The number of amidine groups is 1. The molecule has 2 N–H and O–H groups in total. The summed E-state index contributed by atoms with van der Waals surface area (Å²) in [5.41, 5.74) is 7.49. The van der Waals surface area contributed by atoms with Crippen LogP contribution in [0, 0.1) is 0 Å². The second-order valence-corrected chi connectivity index (χ2v) is 9.96. The van der Waals surface area contributed by atoms with Gasteiger partial charge in [0.25, 0.3) is 0 Å². The third-order valence-corrected chi connectivity index (χ3v) is 6.65. The number of ether oxygens (including phenoxy) is 1. The fourth-order valence-corrected chi connectivity index (χ4v) is 4.55. The molecule has 0 radical (unpaired) electrons. The van der Waals surface area contributed by atoms with Crippen molar-refractivity contribution in [3.8, 4) is 5.75 Å². The van der Waals surface area contributed by atoms with Gasteiger partial charge in [-0.05, 0) is 51.8 Å². The van der Waals surface area contributed by atoms with E-state index in [9.17, 15) is 0 Å². The Morgan fingerprint density at radius 1 is 1.11 bits per heavy atom. The number of hydrogen-bond donors (Lipinski definition) is 1. The monoisotopic (exact) mass is 523 g/mol. The number of aliphatic imine (C=N–C) groups is 1. The smallest absolute Gasteiger partial charge is 0.159 e. The van der Waals surface area contributed by atoms with Crippen LogP contribution in [0.25, 0.3) is 0 Å². The molecule has 0 aliphatic carbocycles. The number of pyridine rings is 1. The molecular formula is C32H53N5O. The quantitative estimate of drug-likeness (QED) is 0.240. The Morgan fingerprint density at radius 3 is 2.26 bits per heavy atom. The minimum absolute atomic E-state index is 0.231. The maximum Gasteiger partial charge on any atom is 0.159 e. The molecule has 0 aromatic carbocycles. The molecule has 6 nitrogen and oxygen atoms in total. The highest BCUT2D eigenvalue weighted by Gasteiger charge is 2.39. The van der Waals surface area contributed by atoms with Crippen molar-refractivity contribution < 1.29 is 4.74 Å². The molecule has 1 aromatic heterocycles. The third-order valence-electron chi connectivity index (χ3n) is 6.65. The molecule has 38 heavy (non-hydrogen) atoms. The molecule has 3 rings (SSSR count). The Labute approximate surface area is 233 Å². The van der Waals surface area contributed by atoms with Gasteiger partial charge in [-0.1, -0.05) is 84.6 Å². The molecule has 1 aromatic rings. The molecule has 1 saturated heterocycles. The maximum absolute atomic E-state index is 6.07. The fraction of sp³-hybridized carbons (Fsp3) is 0.562. The average Bonchev–Trinajstić information content (AvgIpc) is 2.92. The molecule has 1 fully saturated rings. The zero-order valence-electron chi connectivity index (χ0n) is 24.8. The van der Waals surface area contributed by atoms with E-state index in [-0.39, 0.29) is 5.54 Å². The van der Waals surface area contributed by atoms with Crippen LogP contribution in [-0.2, 0) is 5.54 Å². The average molecular weight is 524 g/mol. The molecule has 0 spiro atoms. The zero-order valence-corrected chi connectivity index (χ0v) is 24.8. The largest absolute Gasteiger partial charge is 0.492 e. The Bertz CT molecular complexity index is 906. The highest BCUT2D eigenvalue weighted by molar-refractivity contribution is 5.88. The summed E-state index contributed by atoms with van der Waals surface area (Å²) in [5.74, 6) is 2.63. The first-order chi connectivity index (χ1) is 18.3. The predicted octanol–water partition coefficient (Wildman–Crippen LogP) is 7.52. The van der Waals surface area contributed by atoms with E-state index >= 15 is 0 Å². The Morgan fingerprint density at radius 2 is 1.74 bits per heavy atom. The van der Waals surface area contributed by atoms with Gasteiger partial charge in [-0.2, -0.15) is 0 Å². The molecule has 2 aliphatic heterocycles. The van der Waals surface area contributed by atoms with E-state index in [2.05, 4.69) is 75.2 Å². The van der Waals surface area contributed by atoms with E-state index in [0.29, 0.717) is 18.8 Å². The van der Waals surface area contributed by atoms with Crippen molar-refractivity contribution in [2.24, 2.45) is 10.7 Å². The Balaban J connectivity index is 0.000000695. The lowest BCUT2D eigenvalue weighted by molar-refractivity contribution is 0.189. The topological polar surface area (TPSA) is 67.0 Å². The molecular weight excluding hydrogens is 470 g/mol. The first-order valence-corrected chi connectivity index (χ1v) is 14.3. The number of nitrogens with zero attached hydrogens (tertiary/aromatic N) is 4. The van der Waals surface area contributed by atoms with Gasteiger partial charge < -0.3 is 20.3 Å². The number of nitrogens with two attached hydrogens (primary N) is 1. The second-order valence-electron chi connectivity index (χ2n) is 9.96. The van der Waals surface area contributed by atoms with Gasteiger partial charge in [-0.3, -0.25) is 0 Å². The molecule has 212 valence electrons. The van der Waals surface area contributed by atoms with Gasteiger partial charge in [0.15, 0.2) is 5.82 Å². The molecule has 1 atom stereocenters. The van der Waals surface area contributed by atoms with Crippen molar-refractivity contribution in [1.82, 2.24) is 14.8 Å². The van der Waals surface area contributed by atoms with Gasteiger partial charge in [0, 0.05) is 24.2 Å². The zero-order chi connectivity index (χ0) is 28.4. The highest BCUT2D eigenvalue weighted by atomic mass is 16.5. The van der Waals surface area contributed by atoms with E-state index < -0.39 is 0 Å². The molecule has 1 unspecified atom stereocenters. The van der Waals surface area contributed by atoms with E-state index in [1.165, 1.54) is 38.8 Å². The van der Waals surface area contributed by atoms with Crippen molar-refractivity contribution in [2.45, 2.75) is 85.1 Å². The number of aromatic nitrogens is 1. The lowest BCUT2D eigenvalue weighted by Gasteiger charge is -2.46. The summed E-state index contributed by atoms with van der Waals surface area (Å²) in [7, 11) is 0. The minimum atomic E-state index is -0.231. The first-order valence-electron chi connectivity index (χ1n) is 14.3. The number of rotatable bonds is 11. The number of hydrogen-bond acceptors (Lipinski definition) is 6. The molecule has 0 amide bonds. The highest BCUT2D eigenvalue weighted by Crippen LogP contribution is 2.42. The van der Waals surface area contributed by atoms with Crippen LogP contribution in [0.4, 0.5) is 5.82 Å². The van der Waals surface area contributed by atoms with Crippen molar-refractivity contribution in [1.29, 1.82) is 0 Å². The lowest BCUT2D eigenvalue weighted by Crippen LogP contribution is -2.50. The van der Waals surface area contributed by atoms with Crippen LogP contribution in [0.1, 0.15) is 85.1 Å². The van der Waals surface area contributed by atoms with Crippen molar-refractivity contribution in [3.63, 3.8) is 0 Å². The van der Waals surface area contributed by atoms with Gasteiger partial charge in [-0.25, -0.2) is 9.98 Å². The number of allylic oxidation sites excluding steroid dienone is 4. The van der Waals surface area contributed by atoms with E-state index in [4.69, 9.17) is 15.5 Å². The first kappa shape index (κ1) is 33.2. The summed E-state index contributed by atoms with van der Waals surface area (Å²) < 4.78 is 6.07. The van der Waals surface area contributed by atoms with Gasteiger partial charge in [0.05, 0.1) is 24.9 Å². The van der Waals surface area contributed by atoms with Crippen LogP contribution in [0.2, 0.25) is 0 Å². The third kappa shape index (κ3) is 10.5. The van der Waals surface area contributed by atoms with E-state index in [1.54, 1.807) is 12.2 Å². The van der Waals surface area contributed by atoms with Crippen molar-refractivity contribution in [3.05, 3.63) is 67.6 Å². The summed E-state index contributed by atoms with van der Waals surface area (Å²) in [6.45, 7) is 26.5. The Kier molecular flexibility index (Phi) is 16.1. The van der Waals surface area contributed by atoms with Crippen molar-refractivity contribution >= 4 is 11.7 Å². The minimum Gasteiger partial charge on any atom is -0.492 e. The van der Waals surface area contributed by atoms with Crippen LogP contribution in [0.15, 0.2) is 67.0 Å². The van der Waals surface area contributed by atoms with Gasteiger partial charge in [0.1, 0.15) is 11.6 Å². The van der Waals surface area contributed by atoms with Crippen molar-refractivity contribution in [2.75, 3.05) is 32.8 Å². The SMILES string of the molecule is C=C(N)CN1C(CC)=Nc2ncc(OCCCN3CCCCC3)cc2C1(C)CC.C=C/C=C\C=C.CCC. The molecule has 3 heterocycles. The second kappa shape index (κ2) is 18.4. The van der Waals surface area contributed by atoms with E-state index in [1.807, 2.05) is 18.3 Å². The van der Waals surface area contributed by atoms with Gasteiger partial charge >= 0.3 is 0 Å². The van der Waals surface area contributed by atoms with Gasteiger partial charge in [0.2, 0.25) is 0 Å². The number of piperidine rings is 1. The molecule has 2 aliphatic rings. The maximum atomic E-state index is 6.07. The Hall–Kier alpha value is -2.86. The normalized spacial score (nSPS) is 18.8. The molecule has 6 heteroatoms. The lowest BCUT2D eigenvalue weighted by atomic mass is 9.85. The standard InChI is InChI=1S/C23H37N5O.C6H8.C3H8/c1-5-21-26-22-20(23(4,6-2)28(21)17-18(3)24)15-19(16-25-22)29-14-10-13-27-11-8-7-9-12-27;1-3-5-6-4-2;1-3-2/h15-16H,3,5-14,17,24H2,1-2,4H3;3-6H,1-2H2;3H2,1-2H3/b;6-5-;. The fourth-order valence-electron chi connectivity index (χ4n) is 4.55. The summed E-state index contributed by atoms with van der Waals surface area (Å²) in [5, 5.41) is 0. The summed E-state index contributed by atoms with van der Waals surface area (Å²) in [6.07, 6.45) is 17.0.